The second-order valence-corrected chi connectivity index (χ2v) is 7.21. The molecule has 0 rings (SSSR count). The van der Waals surface area contributed by atoms with Crippen molar-refractivity contribution in [2.24, 2.45) is 0 Å². The number of unbranched alkanes of at least 4 members (excludes halogenated alkanes) is 11. The van der Waals surface area contributed by atoms with E-state index in [0.29, 0.717) is 13.0 Å². The van der Waals surface area contributed by atoms with Crippen LogP contribution in [0.5, 0.6) is 0 Å². The molecule has 0 aromatic heterocycles. The SMILES string of the molecule is CCCCCCCC/C=C\CCCCCCCC(=O)NCCC(=O)Cl. The van der Waals surface area contributed by atoms with Gasteiger partial charge < -0.3 is 5.32 Å². The normalized spacial score (nSPS) is 11.1. The molecule has 0 fully saturated rings. The van der Waals surface area contributed by atoms with Crippen LogP contribution in [0.15, 0.2) is 12.2 Å². The zero-order valence-electron chi connectivity index (χ0n) is 16.2. The predicted molar refractivity (Wildman–Crippen MR) is 108 cm³/mol. The maximum atomic E-state index is 11.5. The van der Waals surface area contributed by atoms with Gasteiger partial charge in [-0.05, 0) is 43.7 Å². The van der Waals surface area contributed by atoms with Crippen LogP contribution in [0.1, 0.15) is 103 Å². The van der Waals surface area contributed by atoms with Crippen LogP contribution < -0.4 is 5.32 Å². The summed E-state index contributed by atoms with van der Waals surface area (Å²) in [6, 6.07) is 0. The second kappa shape index (κ2) is 19.5. The number of amides is 1. The first-order valence-electron chi connectivity index (χ1n) is 10.3. The van der Waals surface area contributed by atoms with E-state index >= 15 is 0 Å². The summed E-state index contributed by atoms with van der Waals surface area (Å²) in [4.78, 5) is 22.0. The standard InChI is InChI=1S/C21H38ClNO2/c1-2-3-4-5-6-7-8-9-10-11-12-13-14-15-16-17-21(25)23-19-18-20(22)24/h9-10H,2-8,11-19H2,1H3,(H,23,25)/b10-9-. The highest BCUT2D eigenvalue weighted by molar-refractivity contribution is 6.63. The summed E-state index contributed by atoms with van der Waals surface area (Å²) in [6.07, 6.45) is 21.8. The number of hydrogen-bond acceptors (Lipinski definition) is 2. The van der Waals surface area contributed by atoms with Crippen molar-refractivity contribution in [2.45, 2.75) is 103 Å². The lowest BCUT2D eigenvalue weighted by atomic mass is 10.1. The molecule has 25 heavy (non-hydrogen) atoms. The van der Waals surface area contributed by atoms with Gasteiger partial charge in [0.05, 0.1) is 0 Å². The molecule has 1 amide bonds. The van der Waals surface area contributed by atoms with Gasteiger partial charge in [-0.25, -0.2) is 0 Å². The highest BCUT2D eigenvalue weighted by Gasteiger charge is 2.02. The molecule has 0 atom stereocenters. The molecular formula is C21H38ClNO2. The summed E-state index contributed by atoms with van der Waals surface area (Å²) in [5, 5.41) is 2.31. The van der Waals surface area contributed by atoms with Crippen molar-refractivity contribution in [1.29, 1.82) is 0 Å². The summed E-state index contributed by atoms with van der Waals surface area (Å²) in [5.74, 6) is 0.0237. The minimum absolute atomic E-state index is 0.0237. The minimum atomic E-state index is -0.402. The van der Waals surface area contributed by atoms with E-state index in [1.54, 1.807) is 0 Å². The lowest BCUT2D eigenvalue weighted by Gasteiger charge is -2.03. The molecule has 0 aliphatic heterocycles. The molecule has 0 aliphatic carbocycles. The quantitative estimate of drug-likeness (QED) is 0.175. The second-order valence-electron chi connectivity index (χ2n) is 6.79. The third kappa shape index (κ3) is 21.1. The van der Waals surface area contributed by atoms with Crippen LogP contribution in [0, 0.1) is 0 Å². The number of rotatable bonds is 18. The van der Waals surface area contributed by atoms with Crippen LogP contribution in [0.3, 0.4) is 0 Å². The zero-order valence-corrected chi connectivity index (χ0v) is 16.9. The number of carbonyl (C=O) groups excluding carboxylic acids is 2. The molecule has 0 saturated carbocycles. The fraction of sp³-hybridized carbons (Fsp3) is 0.810. The first-order valence-corrected chi connectivity index (χ1v) is 10.6. The van der Waals surface area contributed by atoms with Gasteiger partial charge in [-0.15, -0.1) is 0 Å². The molecule has 0 aromatic rings. The third-order valence-corrected chi connectivity index (χ3v) is 4.50. The zero-order chi connectivity index (χ0) is 18.6. The maximum Gasteiger partial charge on any atom is 0.223 e. The van der Waals surface area contributed by atoms with E-state index < -0.39 is 5.24 Å². The Morgan fingerprint density at radius 2 is 1.28 bits per heavy atom. The molecule has 0 unspecified atom stereocenters. The van der Waals surface area contributed by atoms with E-state index in [9.17, 15) is 9.59 Å². The van der Waals surface area contributed by atoms with Gasteiger partial charge in [0.2, 0.25) is 11.1 Å². The number of nitrogens with one attached hydrogen (secondary N) is 1. The van der Waals surface area contributed by atoms with Crippen LogP contribution in [-0.4, -0.2) is 17.7 Å². The van der Waals surface area contributed by atoms with Crippen LogP contribution in [0.4, 0.5) is 0 Å². The van der Waals surface area contributed by atoms with Crippen molar-refractivity contribution in [3.8, 4) is 0 Å². The van der Waals surface area contributed by atoms with Gasteiger partial charge in [-0.1, -0.05) is 70.4 Å². The smallest absolute Gasteiger partial charge is 0.223 e. The molecule has 0 bridgehead atoms. The minimum Gasteiger partial charge on any atom is -0.356 e. The van der Waals surface area contributed by atoms with Crippen molar-refractivity contribution in [3.05, 3.63) is 12.2 Å². The Morgan fingerprint density at radius 1 is 0.760 bits per heavy atom. The van der Waals surface area contributed by atoms with Crippen LogP contribution in [0.25, 0.3) is 0 Å². The van der Waals surface area contributed by atoms with Gasteiger partial charge in [0.1, 0.15) is 0 Å². The Hall–Kier alpha value is -0.830. The van der Waals surface area contributed by atoms with E-state index in [1.165, 1.54) is 70.6 Å². The van der Waals surface area contributed by atoms with Gasteiger partial charge in [0, 0.05) is 19.4 Å². The number of halogens is 1. The summed E-state index contributed by atoms with van der Waals surface area (Å²) in [6.45, 7) is 2.61. The fourth-order valence-electron chi connectivity index (χ4n) is 2.74. The number of carbonyl (C=O) groups is 2. The molecule has 1 N–H and O–H groups in total. The average molecular weight is 372 g/mol. The van der Waals surface area contributed by atoms with Gasteiger partial charge in [-0.2, -0.15) is 0 Å². The van der Waals surface area contributed by atoms with Gasteiger partial charge in [0.25, 0.3) is 0 Å². The maximum absolute atomic E-state index is 11.5. The molecule has 0 spiro atoms. The molecular weight excluding hydrogens is 334 g/mol. The largest absolute Gasteiger partial charge is 0.356 e. The topological polar surface area (TPSA) is 46.2 Å². The fourth-order valence-corrected chi connectivity index (χ4v) is 2.84. The molecule has 0 aliphatic rings. The van der Waals surface area contributed by atoms with E-state index in [4.69, 9.17) is 11.6 Å². The predicted octanol–water partition coefficient (Wildman–Crippen LogP) is 6.30. The average Bonchev–Trinajstić information content (AvgIpc) is 2.58. The van der Waals surface area contributed by atoms with E-state index in [2.05, 4.69) is 24.4 Å². The summed E-state index contributed by atoms with van der Waals surface area (Å²) >= 11 is 5.21. The van der Waals surface area contributed by atoms with Crippen molar-refractivity contribution in [2.75, 3.05) is 6.54 Å². The summed E-state index contributed by atoms with van der Waals surface area (Å²) in [5.41, 5.74) is 0. The molecule has 0 heterocycles. The van der Waals surface area contributed by atoms with E-state index in [-0.39, 0.29) is 12.3 Å². The van der Waals surface area contributed by atoms with Crippen molar-refractivity contribution < 1.29 is 9.59 Å². The Kier molecular flexibility index (Phi) is 18.8. The Bertz CT molecular complexity index is 356. The molecule has 3 nitrogen and oxygen atoms in total. The number of hydrogen-bond donors (Lipinski definition) is 1. The monoisotopic (exact) mass is 371 g/mol. The van der Waals surface area contributed by atoms with Crippen LogP contribution in [0.2, 0.25) is 0 Å². The Labute approximate surface area is 160 Å². The van der Waals surface area contributed by atoms with Crippen molar-refractivity contribution in [3.63, 3.8) is 0 Å². The Morgan fingerprint density at radius 3 is 1.84 bits per heavy atom. The van der Waals surface area contributed by atoms with E-state index in [0.717, 1.165) is 12.8 Å². The molecule has 0 saturated heterocycles. The highest BCUT2D eigenvalue weighted by atomic mass is 35.5. The van der Waals surface area contributed by atoms with Crippen LogP contribution in [-0.2, 0) is 9.59 Å². The van der Waals surface area contributed by atoms with Crippen molar-refractivity contribution in [1.82, 2.24) is 5.32 Å². The first-order chi connectivity index (χ1) is 12.2. The van der Waals surface area contributed by atoms with Crippen molar-refractivity contribution >= 4 is 22.8 Å². The molecule has 146 valence electrons. The molecule has 0 aromatic carbocycles. The van der Waals surface area contributed by atoms with E-state index in [1.807, 2.05) is 0 Å². The van der Waals surface area contributed by atoms with Gasteiger partial charge >= 0.3 is 0 Å². The highest BCUT2D eigenvalue weighted by Crippen LogP contribution is 2.09. The molecule has 0 radical (unpaired) electrons. The summed E-state index contributed by atoms with van der Waals surface area (Å²) in [7, 11) is 0. The number of allylic oxidation sites excluding steroid dienone is 2. The molecule has 4 heteroatoms. The van der Waals surface area contributed by atoms with Crippen LogP contribution >= 0.6 is 11.6 Å². The summed E-state index contributed by atoms with van der Waals surface area (Å²) < 4.78 is 0. The third-order valence-electron chi connectivity index (χ3n) is 4.31. The first kappa shape index (κ1) is 24.2. The van der Waals surface area contributed by atoms with Gasteiger partial charge in [-0.3, -0.25) is 9.59 Å². The lowest BCUT2D eigenvalue weighted by Crippen LogP contribution is -2.24. The lowest BCUT2D eigenvalue weighted by molar-refractivity contribution is -0.121. The van der Waals surface area contributed by atoms with Gasteiger partial charge in [0.15, 0.2) is 0 Å². The Balaban J connectivity index is 3.21.